The number of anilines is 1. The molecule has 1 aromatic carbocycles. The van der Waals surface area contributed by atoms with Gasteiger partial charge in [0.1, 0.15) is 6.67 Å². The average molecular weight is 272 g/mol. The Kier molecular flexibility index (Phi) is 6.22. The molecule has 0 aliphatic rings. The molecule has 0 aliphatic carbocycles. The molecule has 0 saturated heterocycles. The normalized spacial score (nSPS) is 10.8. The number of hydrogen-bond donors (Lipinski definition) is 1. The molecule has 1 rings (SSSR count). The molecule has 0 atom stereocenters. The summed E-state index contributed by atoms with van der Waals surface area (Å²) in [5.41, 5.74) is 1.66. The topological polar surface area (TPSA) is 40.5 Å². The molecule has 0 aliphatic heterocycles. The third-order valence-corrected chi connectivity index (χ3v) is 2.55. The third kappa shape index (κ3) is 4.75. The van der Waals surface area contributed by atoms with Crippen LogP contribution in [0, 0.1) is 0 Å². The Hall–Kier alpha value is -1.55. The molecule has 1 aromatic rings. The van der Waals surface area contributed by atoms with Gasteiger partial charge in [-0.05, 0) is 23.8 Å². The molecule has 98 valence electrons. The molecule has 18 heavy (non-hydrogen) atoms. The average Bonchev–Trinajstić information content (AvgIpc) is 2.37. The lowest BCUT2D eigenvalue weighted by atomic mass is 10.2. The van der Waals surface area contributed by atoms with Crippen LogP contribution < -0.4 is 4.90 Å². The van der Waals surface area contributed by atoms with Crippen molar-refractivity contribution >= 4 is 29.3 Å². The van der Waals surface area contributed by atoms with E-state index in [1.165, 1.54) is 6.08 Å². The first-order valence-corrected chi connectivity index (χ1v) is 6.08. The van der Waals surface area contributed by atoms with E-state index >= 15 is 0 Å². The molecule has 0 aromatic heterocycles. The van der Waals surface area contributed by atoms with Crippen LogP contribution in [0.3, 0.4) is 0 Å². The predicted molar refractivity (Wildman–Crippen MR) is 72.0 cm³/mol. The van der Waals surface area contributed by atoms with Gasteiger partial charge in [-0.1, -0.05) is 12.1 Å². The fraction of sp³-hybridized carbons (Fsp3) is 0.308. The molecule has 0 radical (unpaired) electrons. The van der Waals surface area contributed by atoms with Crippen molar-refractivity contribution in [2.45, 2.75) is 0 Å². The van der Waals surface area contributed by atoms with Crippen LogP contribution in [0.25, 0.3) is 6.08 Å². The summed E-state index contributed by atoms with van der Waals surface area (Å²) in [6.07, 6.45) is 2.58. The number of carboxylic acid groups (broad SMARTS) is 1. The second-order valence-corrected chi connectivity index (χ2v) is 4.01. The van der Waals surface area contributed by atoms with Crippen LogP contribution in [0.15, 0.2) is 30.3 Å². The number of carbonyl (C=O) groups is 1. The Balaban J connectivity index is 2.76. The van der Waals surface area contributed by atoms with Gasteiger partial charge >= 0.3 is 5.97 Å². The van der Waals surface area contributed by atoms with Crippen LogP contribution in [0.4, 0.5) is 10.1 Å². The minimum absolute atomic E-state index is 0.303. The molecule has 5 heteroatoms. The van der Waals surface area contributed by atoms with Gasteiger partial charge in [-0.25, -0.2) is 9.18 Å². The summed E-state index contributed by atoms with van der Waals surface area (Å²) in [7, 11) is 0. The van der Waals surface area contributed by atoms with E-state index in [1.54, 1.807) is 12.1 Å². The van der Waals surface area contributed by atoms with Crippen LogP contribution >= 0.6 is 11.6 Å². The summed E-state index contributed by atoms with van der Waals surface area (Å²) < 4.78 is 12.4. The summed E-state index contributed by atoms with van der Waals surface area (Å²) in [5.74, 6) is -0.555. The zero-order valence-electron chi connectivity index (χ0n) is 9.85. The molecule has 3 nitrogen and oxygen atoms in total. The summed E-state index contributed by atoms with van der Waals surface area (Å²) in [6.45, 7) is 0.449. The summed E-state index contributed by atoms with van der Waals surface area (Å²) in [4.78, 5) is 12.2. The Bertz CT molecular complexity index is 400. The van der Waals surface area contributed by atoms with E-state index in [2.05, 4.69) is 0 Å². The first kappa shape index (κ1) is 14.5. The van der Waals surface area contributed by atoms with Gasteiger partial charge in [-0.15, -0.1) is 11.6 Å². The van der Waals surface area contributed by atoms with Crippen molar-refractivity contribution in [1.29, 1.82) is 0 Å². The van der Waals surface area contributed by atoms with Crippen molar-refractivity contribution in [2.24, 2.45) is 0 Å². The molecule has 0 bridgehead atoms. The lowest BCUT2D eigenvalue weighted by molar-refractivity contribution is -0.131. The van der Waals surface area contributed by atoms with Crippen LogP contribution in [0.5, 0.6) is 0 Å². The Morgan fingerprint density at radius 2 is 2.00 bits per heavy atom. The van der Waals surface area contributed by atoms with E-state index in [0.717, 1.165) is 17.3 Å². The van der Waals surface area contributed by atoms with Crippen LogP contribution in [0.2, 0.25) is 0 Å². The molecule has 0 fully saturated rings. The van der Waals surface area contributed by atoms with Gasteiger partial charge in [-0.2, -0.15) is 0 Å². The molecule has 0 spiro atoms. The zero-order valence-corrected chi connectivity index (χ0v) is 10.6. The quantitative estimate of drug-likeness (QED) is 0.612. The number of carboxylic acids is 1. The van der Waals surface area contributed by atoms with Crippen molar-refractivity contribution in [3.63, 3.8) is 0 Å². The summed E-state index contributed by atoms with van der Waals surface area (Å²) >= 11 is 5.66. The lowest BCUT2D eigenvalue weighted by Gasteiger charge is -2.22. The minimum atomic E-state index is -0.986. The van der Waals surface area contributed by atoms with Gasteiger partial charge in [0.15, 0.2) is 0 Å². The molecule has 0 saturated carbocycles. The van der Waals surface area contributed by atoms with Crippen LogP contribution in [-0.2, 0) is 4.79 Å². The smallest absolute Gasteiger partial charge is 0.328 e. The number of benzene rings is 1. The highest BCUT2D eigenvalue weighted by molar-refractivity contribution is 6.18. The highest BCUT2D eigenvalue weighted by Gasteiger charge is 2.04. The fourth-order valence-electron chi connectivity index (χ4n) is 1.54. The van der Waals surface area contributed by atoms with E-state index in [4.69, 9.17) is 16.7 Å². The predicted octanol–water partition coefficient (Wildman–Crippen LogP) is 2.80. The molecule has 0 amide bonds. The van der Waals surface area contributed by atoms with Gasteiger partial charge in [0.25, 0.3) is 0 Å². The maximum atomic E-state index is 12.4. The Morgan fingerprint density at radius 1 is 1.33 bits per heavy atom. The molecule has 0 unspecified atom stereocenters. The van der Waals surface area contributed by atoms with E-state index in [9.17, 15) is 9.18 Å². The van der Waals surface area contributed by atoms with Crippen molar-refractivity contribution in [1.82, 2.24) is 0 Å². The number of halogens is 2. The van der Waals surface area contributed by atoms with Gasteiger partial charge in [0.05, 0.1) is 0 Å². The lowest BCUT2D eigenvalue weighted by Crippen LogP contribution is -2.27. The number of aliphatic carboxylic acids is 1. The number of hydrogen-bond acceptors (Lipinski definition) is 2. The SMILES string of the molecule is O=C(O)/C=C/c1ccc(N(CCF)CCCl)cc1. The number of rotatable bonds is 7. The Morgan fingerprint density at radius 3 is 2.50 bits per heavy atom. The molecule has 0 heterocycles. The highest BCUT2D eigenvalue weighted by Crippen LogP contribution is 2.16. The second kappa shape index (κ2) is 7.71. The van der Waals surface area contributed by atoms with E-state index in [-0.39, 0.29) is 0 Å². The molecule has 1 N–H and O–H groups in total. The third-order valence-electron chi connectivity index (χ3n) is 2.39. The second-order valence-electron chi connectivity index (χ2n) is 3.63. The van der Waals surface area contributed by atoms with Gasteiger partial charge in [0.2, 0.25) is 0 Å². The zero-order chi connectivity index (χ0) is 13.4. The standard InChI is InChI=1S/C13H15ClFNO2/c14-7-9-16(10-8-15)12-4-1-11(2-5-12)3-6-13(17)18/h1-6H,7-10H2,(H,17,18)/b6-3+. The van der Waals surface area contributed by atoms with Crippen molar-refractivity contribution in [3.8, 4) is 0 Å². The van der Waals surface area contributed by atoms with E-state index < -0.39 is 12.6 Å². The maximum Gasteiger partial charge on any atom is 0.328 e. The van der Waals surface area contributed by atoms with Crippen molar-refractivity contribution in [2.75, 3.05) is 30.5 Å². The van der Waals surface area contributed by atoms with Crippen LogP contribution in [0.1, 0.15) is 5.56 Å². The van der Waals surface area contributed by atoms with Gasteiger partial charge < -0.3 is 10.0 Å². The number of alkyl halides is 2. The first-order valence-electron chi connectivity index (χ1n) is 5.55. The minimum Gasteiger partial charge on any atom is -0.478 e. The summed E-state index contributed by atoms with van der Waals surface area (Å²) in [5, 5.41) is 8.51. The van der Waals surface area contributed by atoms with E-state index in [1.807, 2.05) is 17.0 Å². The molecular formula is C13H15ClFNO2. The van der Waals surface area contributed by atoms with E-state index in [0.29, 0.717) is 19.0 Å². The van der Waals surface area contributed by atoms with Gasteiger partial charge in [-0.3, -0.25) is 0 Å². The first-order chi connectivity index (χ1) is 8.67. The van der Waals surface area contributed by atoms with Gasteiger partial charge in [0, 0.05) is 30.7 Å². The summed E-state index contributed by atoms with van der Waals surface area (Å²) in [6, 6.07) is 7.22. The maximum absolute atomic E-state index is 12.4. The Labute approximate surface area is 110 Å². The van der Waals surface area contributed by atoms with Crippen molar-refractivity contribution < 1.29 is 14.3 Å². The monoisotopic (exact) mass is 271 g/mol. The van der Waals surface area contributed by atoms with Crippen molar-refractivity contribution in [3.05, 3.63) is 35.9 Å². The number of nitrogens with zero attached hydrogens (tertiary/aromatic N) is 1. The van der Waals surface area contributed by atoms with Crippen LogP contribution in [-0.4, -0.2) is 36.7 Å². The molecular weight excluding hydrogens is 257 g/mol. The fourth-order valence-corrected chi connectivity index (χ4v) is 1.74. The largest absolute Gasteiger partial charge is 0.478 e. The highest BCUT2D eigenvalue weighted by atomic mass is 35.5.